The number of para-hydroxylation sites is 1. The van der Waals surface area contributed by atoms with Crippen LogP contribution in [0.1, 0.15) is 12.8 Å². The van der Waals surface area contributed by atoms with Crippen molar-refractivity contribution in [2.75, 3.05) is 25.6 Å². The Labute approximate surface area is 117 Å². The number of hydrogen-bond donors (Lipinski definition) is 2. The number of benzene rings is 1. The van der Waals surface area contributed by atoms with Gasteiger partial charge in [-0.3, -0.25) is 5.43 Å². The summed E-state index contributed by atoms with van der Waals surface area (Å²) in [7, 11) is 2.13. The van der Waals surface area contributed by atoms with Crippen LogP contribution in [0, 0.1) is 0 Å². The molecule has 20 heavy (non-hydrogen) atoms. The van der Waals surface area contributed by atoms with Crippen LogP contribution in [0.25, 0.3) is 10.9 Å². The van der Waals surface area contributed by atoms with Gasteiger partial charge >= 0.3 is 0 Å². The Morgan fingerprint density at radius 2 is 2.15 bits per heavy atom. The van der Waals surface area contributed by atoms with Crippen LogP contribution in [0.15, 0.2) is 24.3 Å². The largest absolute Gasteiger partial charge is 0.476 e. The highest BCUT2D eigenvalue weighted by molar-refractivity contribution is 5.84. The van der Waals surface area contributed by atoms with Crippen molar-refractivity contribution in [1.29, 1.82) is 0 Å². The number of nitrogens with zero attached hydrogens (tertiary/aromatic N) is 3. The fraction of sp³-hybridized carbons (Fsp3) is 0.429. The number of nitrogens with two attached hydrogens (primary N) is 1. The summed E-state index contributed by atoms with van der Waals surface area (Å²) in [6.45, 7) is 1.51. The highest BCUT2D eigenvalue weighted by atomic mass is 16.5. The van der Waals surface area contributed by atoms with Crippen LogP contribution in [0.5, 0.6) is 5.88 Å². The first-order valence-electron chi connectivity index (χ1n) is 6.84. The maximum absolute atomic E-state index is 5.82. The lowest BCUT2D eigenvalue weighted by Gasteiger charge is -2.16. The number of ether oxygens (including phenoxy) is 1. The molecule has 0 saturated heterocycles. The van der Waals surface area contributed by atoms with Gasteiger partial charge in [-0.1, -0.05) is 12.1 Å². The van der Waals surface area contributed by atoms with Gasteiger partial charge in [-0.2, -0.15) is 4.98 Å². The van der Waals surface area contributed by atoms with Crippen molar-refractivity contribution >= 4 is 16.9 Å². The number of likely N-dealkylation sites (N-methyl/N-ethyl adjacent to an activating group) is 1. The Hall–Kier alpha value is -1.92. The molecule has 0 bridgehead atoms. The molecule has 1 aliphatic rings. The van der Waals surface area contributed by atoms with Crippen LogP contribution in [-0.4, -0.2) is 41.1 Å². The second-order valence-corrected chi connectivity index (χ2v) is 5.07. The minimum atomic E-state index is 0.370. The molecular formula is C14H19N5O. The Bertz CT molecular complexity index is 599. The normalized spacial score (nSPS) is 14.8. The van der Waals surface area contributed by atoms with Gasteiger partial charge in [-0.15, -0.1) is 0 Å². The van der Waals surface area contributed by atoms with E-state index in [2.05, 4.69) is 27.3 Å². The average Bonchev–Trinajstić information content (AvgIpc) is 3.31. The van der Waals surface area contributed by atoms with Gasteiger partial charge in [0, 0.05) is 12.6 Å². The van der Waals surface area contributed by atoms with E-state index in [1.165, 1.54) is 12.8 Å². The van der Waals surface area contributed by atoms with Crippen molar-refractivity contribution in [3.8, 4) is 5.88 Å². The molecule has 0 atom stereocenters. The Kier molecular flexibility index (Phi) is 3.66. The van der Waals surface area contributed by atoms with Gasteiger partial charge in [0.2, 0.25) is 11.8 Å². The number of nitrogen functional groups attached to an aromatic ring is 1. The van der Waals surface area contributed by atoms with Gasteiger partial charge in [0.15, 0.2) is 0 Å². The number of rotatable bonds is 6. The van der Waals surface area contributed by atoms with Gasteiger partial charge in [-0.05, 0) is 32.0 Å². The van der Waals surface area contributed by atoms with Crippen LogP contribution in [-0.2, 0) is 0 Å². The average molecular weight is 273 g/mol. The molecule has 106 valence electrons. The number of nitrogens with one attached hydrogen (secondary N) is 1. The van der Waals surface area contributed by atoms with Crippen molar-refractivity contribution in [3.63, 3.8) is 0 Å². The third-order valence-corrected chi connectivity index (χ3v) is 3.55. The molecule has 1 aliphatic carbocycles. The smallest absolute Gasteiger partial charge is 0.241 e. The van der Waals surface area contributed by atoms with Crippen molar-refractivity contribution in [2.45, 2.75) is 18.9 Å². The molecule has 1 saturated carbocycles. The molecular weight excluding hydrogens is 254 g/mol. The van der Waals surface area contributed by atoms with Gasteiger partial charge in [0.1, 0.15) is 6.61 Å². The third-order valence-electron chi connectivity index (χ3n) is 3.55. The fourth-order valence-electron chi connectivity index (χ4n) is 2.21. The summed E-state index contributed by atoms with van der Waals surface area (Å²) in [5.74, 6) is 6.34. The fourth-order valence-corrected chi connectivity index (χ4v) is 2.21. The zero-order valence-electron chi connectivity index (χ0n) is 11.5. The first-order chi connectivity index (χ1) is 9.78. The number of hydrazine groups is 1. The van der Waals surface area contributed by atoms with E-state index in [1.807, 2.05) is 24.3 Å². The number of aromatic nitrogens is 2. The van der Waals surface area contributed by atoms with Crippen LogP contribution >= 0.6 is 0 Å². The van der Waals surface area contributed by atoms with Gasteiger partial charge in [-0.25, -0.2) is 10.8 Å². The lowest BCUT2D eigenvalue weighted by atomic mass is 10.2. The van der Waals surface area contributed by atoms with Crippen LogP contribution < -0.4 is 16.0 Å². The highest BCUT2D eigenvalue weighted by Crippen LogP contribution is 2.26. The van der Waals surface area contributed by atoms with E-state index in [1.54, 1.807) is 0 Å². The van der Waals surface area contributed by atoms with E-state index in [0.717, 1.165) is 23.5 Å². The molecule has 1 aromatic heterocycles. The maximum atomic E-state index is 5.82. The lowest BCUT2D eigenvalue weighted by Crippen LogP contribution is -2.26. The molecule has 0 aliphatic heterocycles. The standard InChI is InChI=1S/C14H19N5O/c1-19(10-6-7-10)8-9-20-13-11-4-2-3-5-12(11)16-14(17-13)18-15/h2-5,10H,6-9,15H2,1H3,(H,16,17,18). The van der Waals surface area contributed by atoms with Crippen molar-refractivity contribution in [1.82, 2.24) is 14.9 Å². The Morgan fingerprint density at radius 1 is 1.35 bits per heavy atom. The minimum absolute atomic E-state index is 0.370. The van der Waals surface area contributed by atoms with Crippen LogP contribution in [0.4, 0.5) is 5.95 Å². The quantitative estimate of drug-likeness (QED) is 0.612. The summed E-state index contributed by atoms with van der Waals surface area (Å²) in [5.41, 5.74) is 3.29. The molecule has 0 spiro atoms. The van der Waals surface area contributed by atoms with Gasteiger partial charge in [0.05, 0.1) is 10.9 Å². The molecule has 1 aromatic carbocycles. The van der Waals surface area contributed by atoms with Crippen LogP contribution in [0.2, 0.25) is 0 Å². The molecule has 1 fully saturated rings. The molecule has 0 amide bonds. The molecule has 3 rings (SSSR count). The van der Waals surface area contributed by atoms with Crippen molar-refractivity contribution in [3.05, 3.63) is 24.3 Å². The first-order valence-corrected chi connectivity index (χ1v) is 6.84. The highest BCUT2D eigenvalue weighted by Gasteiger charge is 2.25. The molecule has 2 aromatic rings. The minimum Gasteiger partial charge on any atom is -0.476 e. The maximum Gasteiger partial charge on any atom is 0.241 e. The van der Waals surface area contributed by atoms with E-state index in [9.17, 15) is 0 Å². The zero-order valence-corrected chi connectivity index (χ0v) is 11.5. The molecule has 0 radical (unpaired) electrons. The second-order valence-electron chi connectivity index (χ2n) is 5.07. The van der Waals surface area contributed by atoms with E-state index in [0.29, 0.717) is 18.4 Å². The van der Waals surface area contributed by atoms with E-state index >= 15 is 0 Å². The molecule has 6 heteroatoms. The SMILES string of the molecule is CN(CCOc1nc(NN)nc2ccccc12)C1CC1. The van der Waals surface area contributed by atoms with Crippen molar-refractivity contribution < 1.29 is 4.74 Å². The van der Waals surface area contributed by atoms with Crippen molar-refractivity contribution in [2.24, 2.45) is 5.84 Å². The predicted octanol–water partition coefficient (Wildman–Crippen LogP) is 1.39. The topological polar surface area (TPSA) is 76.3 Å². The summed E-state index contributed by atoms with van der Waals surface area (Å²) < 4.78 is 5.82. The number of hydrogen-bond acceptors (Lipinski definition) is 6. The molecule has 3 N–H and O–H groups in total. The number of fused-ring (bicyclic) bond motifs is 1. The summed E-state index contributed by atoms with van der Waals surface area (Å²) in [6, 6.07) is 8.49. The second kappa shape index (κ2) is 5.60. The van der Waals surface area contributed by atoms with Gasteiger partial charge < -0.3 is 9.64 Å². The van der Waals surface area contributed by atoms with E-state index in [-0.39, 0.29) is 0 Å². The predicted molar refractivity (Wildman–Crippen MR) is 78.5 cm³/mol. The monoisotopic (exact) mass is 273 g/mol. The third kappa shape index (κ3) is 2.81. The first kappa shape index (κ1) is 13.1. The molecule has 1 heterocycles. The molecule has 0 unspecified atom stereocenters. The Morgan fingerprint density at radius 3 is 2.90 bits per heavy atom. The van der Waals surface area contributed by atoms with E-state index < -0.39 is 0 Å². The summed E-state index contributed by atoms with van der Waals surface area (Å²) in [4.78, 5) is 10.9. The van der Waals surface area contributed by atoms with Gasteiger partial charge in [0.25, 0.3) is 0 Å². The molecule has 6 nitrogen and oxygen atoms in total. The number of anilines is 1. The zero-order chi connectivity index (χ0) is 13.9. The lowest BCUT2D eigenvalue weighted by molar-refractivity contribution is 0.228. The summed E-state index contributed by atoms with van der Waals surface area (Å²) >= 11 is 0. The summed E-state index contributed by atoms with van der Waals surface area (Å²) in [5, 5.41) is 0.903. The van der Waals surface area contributed by atoms with Crippen LogP contribution in [0.3, 0.4) is 0 Å². The Balaban J connectivity index is 1.75. The summed E-state index contributed by atoms with van der Waals surface area (Å²) in [6.07, 6.45) is 2.60. The van der Waals surface area contributed by atoms with E-state index in [4.69, 9.17) is 10.6 Å².